The Morgan fingerprint density at radius 2 is 1.30 bits per heavy atom. The maximum Gasteiger partial charge on any atom is 0.308 e. The van der Waals surface area contributed by atoms with Gasteiger partial charge in [0.1, 0.15) is 5.75 Å². The smallest absolute Gasteiger partial charge is 0.308 e. The Morgan fingerprint density at radius 1 is 0.733 bits per heavy atom. The van der Waals surface area contributed by atoms with Gasteiger partial charge in [0, 0.05) is 48.0 Å². The van der Waals surface area contributed by atoms with Gasteiger partial charge in [-0.1, -0.05) is 46.3 Å². The number of fused-ring (bicyclic) bond motifs is 1. The predicted molar refractivity (Wildman–Crippen MR) is 115 cm³/mol. The molecule has 0 amide bonds. The molecule has 0 aromatic heterocycles. The van der Waals surface area contributed by atoms with E-state index in [1.165, 1.54) is 20.8 Å². The second-order valence-electron chi connectivity index (χ2n) is 6.60. The lowest BCUT2D eigenvalue weighted by atomic mass is 9.97. The Labute approximate surface area is 181 Å². The zero-order valence-electron chi connectivity index (χ0n) is 16.7. The standard InChI is InChI=1S/C23H19BrO6/c1-13(25)28-21-18-10-9-17(24)12-19(18)22(29-14(2)26)23(30-15(3)27)20(21)11-16-7-5-4-6-8-16/h4-10,12H,11H2,1-3H3. The van der Waals surface area contributed by atoms with Crippen molar-refractivity contribution in [2.75, 3.05) is 0 Å². The Bertz CT molecular complexity index is 1140. The van der Waals surface area contributed by atoms with Gasteiger partial charge in [-0.3, -0.25) is 14.4 Å². The zero-order chi connectivity index (χ0) is 21.8. The van der Waals surface area contributed by atoms with Gasteiger partial charge in [0.15, 0.2) is 11.5 Å². The molecule has 0 saturated heterocycles. The van der Waals surface area contributed by atoms with Crippen LogP contribution in [0.25, 0.3) is 10.8 Å². The highest BCUT2D eigenvalue weighted by Gasteiger charge is 2.26. The SMILES string of the molecule is CC(=O)Oc1c(Cc2ccccc2)c(OC(C)=O)c2ccc(Br)cc2c1OC(C)=O. The lowest BCUT2D eigenvalue weighted by Gasteiger charge is -2.20. The maximum absolute atomic E-state index is 11.9. The summed E-state index contributed by atoms with van der Waals surface area (Å²) in [5.41, 5.74) is 1.32. The molecular weight excluding hydrogens is 452 g/mol. The number of ether oxygens (including phenoxy) is 3. The first kappa shape index (κ1) is 21.5. The van der Waals surface area contributed by atoms with E-state index in [0.29, 0.717) is 20.8 Å². The quantitative estimate of drug-likeness (QED) is 0.386. The van der Waals surface area contributed by atoms with E-state index in [2.05, 4.69) is 15.9 Å². The van der Waals surface area contributed by atoms with E-state index in [9.17, 15) is 14.4 Å². The summed E-state index contributed by atoms with van der Waals surface area (Å²) in [6.07, 6.45) is 0.284. The van der Waals surface area contributed by atoms with Crippen molar-refractivity contribution in [1.82, 2.24) is 0 Å². The summed E-state index contributed by atoms with van der Waals surface area (Å²) in [6.45, 7) is 3.81. The molecule has 6 nitrogen and oxygen atoms in total. The fourth-order valence-corrected chi connectivity index (χ4v) is 3.51. The number of halogens is 1. The molecule has 0 aliphatic carbocycles. The van der Waals surface area contributed by atoms with Crippen LogP contribution in [0.3, 0.4) is 0 Å². The number of esters is 3. The number of hydrogen-bond acceptors (Lipinski definition) is 6. The van der Waals surface area contributed by atoms with Gasteiger partial charge >= 0.3 is 17.9 Å². The minimum atomic E-state index is -0.596. The van der Waals surface area contributed by atoms with E-state index >= 15 is 0 Å². The first-order valence-electron chi connectivity index (χ1n) is 9.13. The molecule has 0 aliphatic heterocycles. The van der Waals surface area contributed by atoms with Crippen LogP contribution in [0.4, 0.5) is 0 Å². The lowest BCUT2D eigenvalue weighted by molar-refractivity contribution is -0.134. The van der Waals surface area contributed by atoms with Crippen LogP contribution in [0.15, 0.2) is 53.0 Å². The number of carbonyl (C=O) groups excluding carboxylic acids is 3. The van der Waals surface area contributed by atoms with E-state index in [1.54, 1.807) is 18.2 Å². The highest BCUT2D eigenvalue weighted by Crippen LogP contribution is 2.48. The van der Waals surface area contributed by atoms with E-state index in [-0.39, 0.29) is 23.7 Å². The molecule has 3 rings (SSSR count). The Kier molecular flexibility index (Phi) is 6.52. The predicted octanol–water partition coefficient (Wildman–Crippen LogP) is 4.97. The molecular formula is C23H19BrO6. The monoisotopic (exact) mass is 470 g/mol. The molecule has 0 aliphatic rings. The van der Waals surface area contributed by atoms with Crippen LogP contribution >= 0.6 is 15.9 Å². The third kappa shape index (κ3) is 4.86. The van der Waals surface area contributed by atoms with Gasteiger partial charge in [-0.25, -0.2) is 0 Å². The summed E-state index contributed by atoms with van der Waals surface area (Å²) in [7, 11) is 0. The number of benzene rings is 3. The van der Waals surface area contributed by atoms with Crippen molar-refractivity contribution < 1.29 is 28.6 Å². The highest BCUT2D eigenvalue weighted by molar-refractivity contribution is 9.10. The number of rotatable bonds is 5. The highest BCUT2D eigenvalue weighted by atomic mass is 79.9. The van der Waals surface area contributed by atoms with Gasteiger partial charge in [0.25, 0.3) is 0 Å². The Balaban J connectivity index is 2.42. The normalized spacial score (nSPS) is 10.5. The van der Waals surface area contributed by atoms with E-state index < -0.39 is 17.9 Å². The van der Waals surface area contributed by atoms with Gasteiger partial charge < -0.3 is 14.2 Å². The molecule has 3 aromatic rings. The zero-order valence-corrected chi connectivity index (χ0v) is 18.2. The summed E-state index contributed by atoms with van der Waals surface area (Å²) in [6, 6.07) is 14.7. The second kappa shape index (κ2) is 9.09. The maximum atomic E-state index is 11.9. The largest absolute Gasteiger partial charge is 0.426 e. The summed E-state index contributed by atoms with van der Waals surface area (Å²) in [4.78, 5) is 35.7. The third-order valence-electron chi connectivity index (χ3n) is 4.19. The van der Waals surface area contributed by atoms with E-state index in [1.807, 2.05) is 30.3 Å². The molecule has 0 fully saturated rings. The van der Waals surface area contributed by atoms with Crippen molar-refractivity contribution in [2.24, 2.45) is 0 Å². The van der Waals surface area contributed by atoms with E-state index in [4.69, 9.17) is 14.2 Å². The summed E-state index contributed by atoms with van der Waals surface area (Å²) < 4.78 is 17.2. The molecule has 0 bridgehead atoms. The van der Waals surface area contributed by atoms with Gasteiger partial charge in [0.05, 0.1) is 0 Å². The molecule has 0 heterocycles. The topological polar surface area (TPSA) is 78.9 Å². The van der Waals surface area contributed by atoms with Crippen LogP contribution in [0, 0.1) is 0 Å². The van der Waals surface area contributed by atoms with Crippen LogP contribution in [0.5, 0.6) is 17.2 Å². The van der Waals surface area contributed by atoms with Gasteiger partial charge in [-0.15, -0.1) is 0 Å². The summed E-state index contributed by atoms with van der Waals surface area (Å²) in [5, 5.41) is 1.01. The molecule has 0 spiro atoms. The molecule has 30 heavy (non-hydrogen) atoms. The average Bonchev–Trinajstić information content (AvgIpc) is 2.67. The van der Waals surface area contributed by atoms with Crippen molar-refractivity contribution in [1.29, 1.82) is 0 Å². The van der Waals surface area contributed by atoms with Crippen molar-refractivity contribution in [3.63, 3.8) is 0 Å². The van der Waals surface area contributed by atoms with Crippen molar-refractivity contribution in [2.45, 2.75) is 27.2 Å². The molecule has 0 saturated carbocycles. The van der Waals surface area contributed by atoms with Crippen LogP contribution in [0.1, 0.15) is 31.9 Å². The molecule has 0 radical (unpaired) electrons. The Morgan fingerprint density at radius 3 is 1.90 bits per heavy atom. The first-order valence-corrected chi connectivity index (χ1v) is 9.92. The van der Waals surface area contributed by atoms with Gasteiger partial charge in [-0.2, -0.15) is 0 Å². The Hall–Kier alpha value is -3.19. The number of hydrogen-bond donors (Lipinski definition) is 0. The summed E-state index contributed by atoms with van der Waals surface area (Å²) in [5.74, 6) is -1.31. The molecule has 3 aromatic carbocycles. The summed E-state index contributed by atoms with van der Waals surface area (Å²) >= 11 is 3.40. The fraction of sp³-hybridized carbons (Fsp3) is 0.174. The number of carbonyl (C=O) groups is 3. The minimum Gasteiger partial charge on any atom is -0.426 e. The van der Waals surface area contributed by atoms with Crippen LogP contribution in [-0.2, 0) is 20.8 Å². The third-order valence-corrected chi connectivity index (χ3v) is 4.68. The second-order valence-corrected chi connectivity index (χ2v) is 7.51. The average molecular weight is 471 g/mol. The molecule has 7 heteroatoms. The lowest BCUT2D eigenvalue weighted by Crippen LogP contribution is -2.13. The van der Waals surface area contributed by atoms with Crippen LogP contribution < -0.4 is 14.2 Å². The van der Waals surface area contributed by atoms with Crippen molar-refractivity contribution >= 4 is 44.6 Å². The minimum absolute atomic E-state index is 0.0448. The van der Waals surface area contributed by atoms with E-state index in [0.717, 1.165) is 5.56 Å². The first-order chi connectivity index (χ1) is 14.3. The van der Waals surface area contributed by atoms with Crippen molar-refractivity contribution in [3.8, 4) is 17.2 Å². The van der Waals surface area contributed by atoms with Gasteiger partial charge in [0.2, 0.25) is 0 Å². The van der Waals surface area contributed by atoms with Crippen LogP contribution in [0.2, 0.25) is 0 Å². The molecule has 0 unspecified atom stereocenters. The fourth-order valence-electron chi connectivity index (χ4n) is 3.14. The molecule has 0 N–H and O–H groups in total. The van der Waals surface area contributed by atoms with Crippen LogP contribution in [-0.4, -0.2) is 17.9 Å². The van der Waals surface area contributed by atoms with Crippen molar-refractivity contribution in [3.05, 3.63) is 64.1 Å². The van der Waals surface area contributed by atoms with Gasteiger partial charge in [-0.05, 0) is 23.8 Å². The molecule has 0 atom stereocenters. The molecule has 154 valence electrons.